The van der Waals surface area contributed by atoms with E-state index in [2.05, 4.69) is 63.7 Å². The number of aryl methyl sites for hydroxylation is 1. The highest BCUT2D eigenvalue weighted by Crippen LogP contribution is 2.41. The Balaban J connectivity index is 1.80. The second-order valence-corrected chi connectivity index (χ2v) is 7.57. The third-order valence-electron chi connectivity index (χ3n) is 5.52. The molecule has 0 unspecified atom stereocenters. The van der Waals surface area contributed by atoms with Crippen molar-refractivity contribution in [2.45, 2.75) is 45.9 Å². The highest BCUT2D eigenvalue weighted by molar-refractivity contribution is 7.80. The van der Waals surface area contributed by atoms with Crippen molar-refractivity contribution >= 4 is 17.3 Å². The SMILES string of the molecule is CCn1c(C)cc([C@H]2[C@@H](c3ccccn3)NC(=S)N2Cc2cccnc2)c1C. The molecule has 0 bridgehead atoms. The topological polar surface area (TPSA) is 46.0 Å². The maximum Gasteiger partial charge on any atom is 0.170 e. The van der Waals surface area contributed by atoms with E-state index in [0.717, 1.165) is 22.9 Å². The van der Waals surface area contributed by atoms with Crippen LogP contribution in [0.3, 0.4) is 0 Å². The minimum Gasteiger partial charge on any atom is -0.352 e. The summed E-state index contributed by atoms with van der Waals surface area (Å²) in [6.07, 6.45) is 5.55. The van der Waals surface area contributed by atoms with Crippen LogP contribution < -0.4 is 5.32 Å². The predicted octanol–water partition coefficient (Wildman–Crippen LogP) is 4.09. The Morgan fingerprint density at radius 2 is 2.00 bits per heavy atom. The standard InChI is InChI=1S/C22H25N5S/c1-4-26-15(2)12-18(16(26)3)21-20(19-9-5-6-11-24-19)25-22(28)27(21)14-17-8-7-10-23-13-17/h5-13,20-21H,4,14H2,1-3H3,(H,25,28)/t20-,21+/m1/s1. The summed E-state index contributed by atoms with van der Waals surface area (Å²) in [5, 5.41) is 4.28. The molecule has 2 atom stereocenters. The van der Waals surface area contributed by atoms with Gasteiger partial charge in [0.2, 0.25) is 0 Å². The number of nitrogens with zero attached hydrogens (tertiary/aromatic N) is 4. The first-order valence-corrected chi connectivity index (χ1v) is 10.0. The Hall–Kier alpha value is -2.73. The van der Waals surface area contributed by atoms with Crippen LogP contribution in [-0.2, 0) is 13.1 Å². The summed E-state index contributed by atoms with van der Waals surface area (Å²) in [5.41, 5.74) is 6.00. The van der Waals surface area contributed by atoms with Gasteiger partial charge in [0.25, 0.3) is 0 Å². The van der Waals surface area contributed by atoms with Gasteiger partial charge in [0, 0.05) is 43.1 Å². The lowest BCUT2D eigenvalue weighted by Gasteiger charge is -2.28. The van der Waals surface area contributed by atoms with E-state index in [4.69, 9.17) is 12.2 Å². The van der Waals surface area contributed by atoms with Gasteiger partial charge in [0.15, 0.2) is 5.11 Å². The fourth-order valence-electron chi connectivity index (χ4n) is 4.22. The molecule has 1 N–H and O–H groups in total. The summed E-state index contributed by atoms with van der Waals surface area (Å²) in [4.78, 5) is 11.2. The van der Waals surface area contributed by atoms with Crippen molar-refractivity contribution in [3.8, 4) is 0 Å². The van der Waals surface area contributed by atoms with Gasteiger partial charge in [-0.25, -0.2) is 0 Å². The number of rotatable bonds is 5. The van der Waals surface area contributed by atoms with Crippen molar-refractivity contribution < 1.29 is 0 Å². The summed E-state index contributed by atoms with van der Waals surface area (Å²) in [6, 6.07) is 12.5. The van der Waals surface area contributed by atoms with Crippen LogP contribution in [0.2, 0.25) is 0 Å². The van der Waals surface area contributed by atoms with E-state index in [0.29, 0.717) is 6.54 Å². The molecular weight excluding hydrogens is 366 g/mol. The molecule has 28 heavy (non-hydrogen) atoms. The molecule has 1 fully saturated rings. The van der Waals surface area contributed by atoms with Gasteiger partial charge < -0.3 is 14.8 Å². The van der Waals surface area contributed by atoms with Crippen LogP contribution in [0.15, 0.2) is 55.0 Å². The van der Waals surface area contributed by atoms with Crippen molar-refractivity contribution in [3.63, 3.8) is 0 Å². The molecular formula is C22H25N5S. The van der Waals surface area contributed by atoms with E-state index in [9.17, 15) is 0 Å². The van der Waals surface area contributed by atoms with E-state index in [1.165, 1.54) is 17.0 Å². The fraction of sp³-hybridized carbons (Fsp3) is 0.318. The second kappa shape index (κ2) is 7.72. The molecule has 6 heteroatoms. The molecule has 0 aromatic carbocycles. The molecule has 0 radical (unpaired) electrons. The van der Waals surface area contributed by atoms with Crippen molar-refractivity contribution in [1.29, 1.82) is 0 Å². The summed E-state index contributed by atoms with van der Waals surface area (Å²) >= 11 is 5.76. The molecule has 0 aliphatic carbocycles. The average molecular weight is 392 g/mol. The highest BCUT2D eigenvalue weighted by atomic mass is 32.1. The number of aromatic nitrogens is 3. The maximum atomic E-state index is 5.76. The Bertz CT molecular complexity index is 967. The molecule has 0 saturated carbocycles. The molecule has 1 saturated heterocycles. The lowest BCUT2D eigenvalue weighted by atomic mass is 9.96. The molecule has 3 aromatic rings. The smallest absolute Gasteiger partial charge is 0.170 e. The first-order chi connectivity index (χ1) is 13.6. The molecule has 5 nitrogen and oxygen atoms in total. The monoisotopic (exact) mass is 391 g/mol. The second-order valence-electron chi connectivity index (χ2n) is 7.19. The van der Waals surface area contributed by atoms with Crippen LogP contribution in [0.4, 0.5) is 0 Å². The van der Waals surface area contributed by atoms with Gasteiger partial charge in [-0.2, -0.15) is 0 Å². The van der Waals surface area contributed by atoms with E-state index < -0.39 is 0 Å². The normalized spacial score (nSPS) is 19.1. The fourth-order valence-corrected chi connectivity index (χ4v) is 4.52. The molecule has 1 aliphatic rings. The number of nitrogens with one attached hydrogen (secondary N) is 1. The molecule has 4 rings (SSSR count). The lowest BCUT2D eigenvalue weighted by Crippen LogP contribution is -2.29. The maximum absolute atomic E-state index is 5.76. The Morgan fingerprint density at radius 3 is 2.64 bits per heavy atom. The predicted molar refractivity (Wildman–Crippen MR) is 115 cm³/mol. The number of pyridine rings is 2. The van der Waals surface area contributed by atoms with Gasteiger partial charge >= 0.3 is 0 Å². The van der Waals surface area contributed by atoms with Crippen molar-refractivity contribution in [2.75, 3.05) is 0 Å². The third kappa shape index (κ3) is 3.29. The van der Waals surface area contributed by atoms with Gasteiger partial charge in [-0.3, -0.25) is 9.97 Å². The van der Waals surface area contributed by atoms with Gasteiger partial charge in [-0.1, -0.05) is 12.1 Å². The molecule has 144 valence electrons. The zero-order valence-corrected chi connectivity index (χ0v) is 17.3. The van der Waals surface area contributed by atoms with Crippen LogP contribution in [0, 0.1) is 13.8 Å². The summed E-state index contributed by atoms with van der Waals surface area (Å²) in [6.45, 7) is 8.22. The van der Waals surface area contributed by atoms with Crippen LogP contribution in [0.5, 0.6) is 0 Å². The van der Waals surface area contributed by atoms with Gasteiger partial charge in [-0.15, -0.1) is 0 Å². The molecule has 4 heterocycles. The Kier molecular flexibility index (Phi) is 5.13. The van der Waals surface area contributed by atoms with Crippen molar-refractivity contribution in [3.05, 3.63) is 83.2 Å². The number of hydrogen-bond donors (Lipinski definition) is 1. The number of hydrogen-bond acceptors (Lipinski definition) is 3. The van der Waals surface area contributed by atoms with Crippen molar-refractivity contribution in [1.82, 2.24) is 24.8 Å². The van der Waals surface area contributed by atoms with E-state index >= 15 is 0 Å². The first-order valence-electron chi connectivity index (χ1n) is 9.63. The minimum absolute atomic E-state index is 0.0103. The van der Waals surface area contributed by atoms with Gasteiger partial charge in [0.1, 0.15) is 0 Å². The first kappa shape index (κ1) is 18.6. The van der Waals surface area contributed by atoms with Crippen LogP contribution in [0.25, 0.3) is 0 Å². The van der Waals surface area contributed by atoms with Crippen LogP contribution in [0.1, 0.15) is 47.2 Å². The van der Waals surface area contributed by atoms with Gasteiger partial charge in [-0.05, 0) is 68.4 Å². The third-order valence-corrected chi connectivity index (χ3v) is 5.87. The van der Waals surface area contributed by atoms with Crippen LogP contribution >= 0.6 is 12.2 Å². The quantitative estimate of drug-likeness (QED) is 0.664. The highest BCUT2D eigenvalue weighted by Gasteiger charge is 2.41. The summed E-state index contributed by atoms with van der Waals surface area (Å²) < 4.78 is 2.36. The minimum atomic E-state index is 0.0103. The lowest BCUT2D eigenvalue weighted by molar-refractivity contribution is 0.309. The number of thiocarbonyl (C=S) groups is 1. The molecule has 0 amide bonds. The van der Waals surface area contributed by atoms with Crippen LogP contribution in [-0.4, -0.2) is 24.5 Å². The molecule has 0 spiro atoms. The van der Waals surface area contributed by atoms with E-state index in [1.54, 1.807) is 6.20 Å². The summed E-state index contributed by atoms with van der Waals surface area (Å²) in [7, 11) is 0. The average Bonchev–Trinajstić information content (AvgIpc) is 3.19. The zero-order valence-electron chi connectivity index (χ0n) is 16.5. The van der Waals surface area contributed by atoms with E-state index in [1.807, 2.05) is 30.6 Å². The Labute approximate surface area is 171 Å². The van der Waals surface area contributed by atoms with Gasteiger partial charge in [0.05, 0.1) is 17.8 Å². The zero-order chi connectivity index (χ0) is 19.7. The van der Waals surface area contributed by atoms with E-state index in [-0.39, 0.29) is 12.1 Å². The molecule has 3 aromatic heterocycles. The Morgan fingerprint density at radius 1 is 1.14 bits per heavy atom. The molecule has 1 aliphatic heterocycles. The summed E-state index contributed by atoms with van der Waals surface area (Å²) in [5.74, 6) is 0. The largest absolute Gasteiger partial charge is 0.352 e. The van der Waals surface area contributed by atoms with Crippen molar-refractivity contribution in [2.24, 2.45) is 0 Å².